The van der Waals surface area contributed by atoms with Crippen LogP contribution in [0.5, 0.6) is 0 Å². The molecule has 0 radical (unpaired) electrons. The number of hydrogen-bond donors (Lipinski definition) is 0. The Labute approximate surface area is 233 Å². The summed E-state index contributed by atoms with van der Waals surface area (Å²) in [5.41, 5.74) is 1.36. The van der Waals surface area contributed by atoms with E-state index in [0.29, 0.717) is 0 Å². The maximum Gasteiger partial charge on any atom is 0.198 e. The van der Waals surface area contributed by atoms with Gasteiger partial charge in [0.2, 0.25) is 0 Å². The first kappa shape index (κ1) is 34.5. The molecule has 0 saturated heterocycles. The van der Waals surface area contributed by atoms with Crippen LogP contribution in [0.2, 0.25) is 0 Å². The first-order valence-electron chi connectivity index (χ1n) is 13.1. The molecule has 0 N–H and O–H groups in total. The zero-order chi connectivity index (χ0) is 29.1. The van der Waals surface area contributed by atoms with Gasteiger partial charge < -0.3 is 8.98 Å². The van der Waals surface area contributed by atoms with Crippen LogP contribution >= 0.6 is 20.7 Å². The second-order valence-electron chi connectivity index (χ2n) is 12.1. The molecule has 0 aromatic carbocycles. The van der Waals surface area contributed by atoms with E-state index in [4.69, 9.17) is 4.42 Å². The highest BCUT2D eigenvalue weighted by molar-refractivity contribution is 7.74. The van der Waals surface area contributed by atoms with E-state index in [1.807, 2.05) is 30.9 Å². The largest absolute Gasteiger partial charge is 0.449 e. The van der Waals surface area contributed by atoms with Crippen molar-refractivity contribution in [1.82, 2.24) is 19.5 Å². The first-order valence-corrected chi connectivity index (χ1v) is 21.7. The van der Waals surface area contributed by atoms with Crippen LogP contribution in [0.25, 0.3) is 0 Å². The van der Waals surface area contributed by atoms with Gasteiger partial charge in [0, 0.05) is 44.2 Å². The van der Waals surface area contributed by atoms with Crippen LogP contribution in [-0.4, -0.2) is 75.4 Å². The van der Waals surface area contributed by atoms with Gasteiger partial charge >= 0.3 is 0 Å². The number of nitrogens with zero attached hydrogens (tertiary/aromatic N) is 4. The molecule has 0 atom stereocenters. The third-order valence-electron chi connectivity index (χ3n) is 7.40. The van der Waals surface area contributed by atoms with E-state index >= 15 is 0 Å². The maximum absolute atomic E-state index is 5.22. The average Bonchev–Trinajstić information content (AvgIpc) is 3.46. The molecule has 0 bridgehead atoms. The van der Waals surface area contributed by atoms with Crippen molar-refractivity contribution in [2.45, 2.75) is 60.0 Å². The summed E-state index contributed by atoms with van der Waals surface area (Å²) in [6.07, 6.45) is 14.3. The lowest BCUT2D eigenvalue weighted by Gasteiger charge is -2.17. The lowest BCUT2D eigenvalue weighted by molar-refractivity contribution is 0.516. The van der Waals surface area contributed by atoms with Gasteiger partial charge in [-0.15, -0.1) is 20.7 Å². The van der Waals surface area contributed by atoms with E-state index in [2.05, 4.69) is 114 Å². The van der Waals surface area contributed by atoms with Crippen LogP contribution in [0.4, 0.5) is 0 Å². The maximum atomic E-state index is 5.22. The predicted octanol–water partition coefficient (Wildman–Crippen LogP) is 8.14. The normalized spacial score (nSPS) is 11.6. The summed E-state index contributed by atoms with van der Waals surface area (Å²) in [5.74, 6) is 2.08. The molecule has 3 aromatic rings. The third-order valence-corrected chi connectivity index (χ3v) is 18.0. The van der Waals surface area contributed by atoms with E-state index in [9.17, 15) is 0 Å². The second-order valence-corrected chi connectivity index (χ2v) is 25.9. The van der Waals surface area contributed by atoms with Gasteiger partial charge in [-0.2, -0.15) is 0 Å². The van der Waals surface area contributed by atoms with Crippen molar-refractivity contribution in [2.24, 2.45) is 7.05 Å². The third kappa shape index (κ3) is 12.1. The van der Waals surface area contributed by atoms with E-state index in [0.717, 1.165) is 18.2 Å². The van der Waals surface area contributed by atoms with Crippen molar-refractivity contribution >= 4 is 36.5 Å². The minimum Gasteiger partial charge on any atom is -0.449 e. The van der Waals surface area contributed by atoms with E-state index in [-0.39, 0.29) is 0 Å². The number of aromatic nitrogens is 4. The van der Waals surface area contributed by atoms with Crippen LogP contribution in [0.1, 0.15) is 58.8 Å². The first-order chi connectivity index (χ1) is 17.5. The molecule has 0 aliphatic heterocycles. The highest BCUT2D eigenvalue weighted by Crippen LogP contribution is 2.45. The molecule has 0 aliphatic rings. The zero-order valence-electron chi connectivity index (χ0n) is 26.3. The van der Waals surface area contributed by atoms with Crippen LogP contribution in [0, 0.1) is 0 Å². The Morgan fingerprint density at radius 2 is 1.29 bits per heavy atom. The van der Waals surface area contributed by atoms with E-state index in [1.165, 1.54) is 22.8 Å². The Morgan fingerprint density at radius 3 is 1.71 bits per heavy atom. The topological polar surface area (TPSA) is 56.7 Å². The molecule has 0 fully saturated rings. The fourth-order valence-electron chi connectivity index (χ4n) is 2.99. The van der Waals surface area contributed by atoms with Crippen molar-refractivity contribution < 1.29 is 4.42 Å². The summed E-state index contributed by atoms with van der Waals surface area (Å²) in [6, 6.07) is 4.18. The van der Waals surface area contributed by atoms with Gasteiger partial charge in [-0.1, -0.05) is 21.9 Å². The van der Waals surface area contributed by atoms with E-state index in [1.54, 1.807) is 23.0 Å². The average molecular weight is 579 g/mol. The number of pyridine rings is 1. The number of aryl methyl sites for hydroxylation is 1. The van der Waals surface area contributed by atoms with Crippen molar-refractivity contribution in [3.05, 3.63) is 66.7 Å². The highest BCUT2D eigenvalue weighted by Gasteiger charge is 2.11. The summed E-state index contributed by atoms with van der Waals surface area (Å²) in [5, 5.41) is 4.66. The Hall–Kier alpha value is -1.53. The smallest absolute Gasteiger partial charge is 0.198 e. The fourth-order valence-corrected chi connectivity index (χ4v) is 6.89. The van der Waals surface area contributed by atoms with Gasteiger partial charge in [-0.25, -0.2) is 9.97 Å². The standard InChI is InChI=1S/C11H18NP.C10H19N2P.C9H16NOP/c1-10(2)13(3,4)9-11-6-5-7-12-8-11;1-9(2)13(4,5)8-10-11-6-7-12(10)3;1-8(2)12(3,4)7-9-10-5-6-11-9/h5-8H,9H2,1-4H3;6-7H,8H2,1-5H3;5-6H,7H2,1-4H3. The van der Waals surface area contributed by atoms with Gasteiger partial charge in [0.15, 0.2) is 5.89 Å². The minimum absolute atomic E-state index is 0.860. The number of rotatable bonds is 6. The minimum atomic E-state index is -0.943. The SMILES string of the molecule is CC(C)=P(C)(C)Cc1cccnc1.CC(C)=P(C)(C)Cc1nccn1C.CC(C)=P(C)(C)Cc1ncco1. The zero-order valence-corrected chi connectivity index (χ0v) is 29.0. The molecule has 0 aliphatic carbocycles. The fraction of sp³-hybridized carbons (Fsp3) is 0.533. The van der Waals surface area contributed by atoms with Crippen LogP contribution in [-0.2, 0) is 25.5 Å². The Kier molecular flexibility index (Phi) is 13.9. The predicted molar refractivity (Wildman–Crippen MR) is 180 cm³/mol. The quantitative estimate of drug-likeness (QED) is 0.277. The molecule has 0 amide bonds. The summed E-state index contributed by atoms with van der Waals surface area (Å²) in [7, 11) is 2.06. The van der Waals surface area contributed by atoms with Crippen molar-refractivity contribution in [1.29, 1.82) is 0 Å². The molecule has 0 spiro atoms. The van der Waals surface area contributed by atoms with Gasteiger partial charge in [-0.3, -0.25) is 4.98 Å². The van der Waals surface area contributed by atoms with Gasteiger partial charge in [0.25, 0.3) is 0 Å². The van der Waals surface area contributed by atoms with Gasteiger partial charge in [0.05, 0.1) is 6.20 Å². The van der Waals surface area contributed by atoms with Gasteiger partial charge in [-0.05, 0) is 99.3 Å². The lowest BCUT2D eigenvalue weighted by Crippen LogP contribution is -2.00. The van der Waals surface area contributed by atoms with Crippen molar-refractivity contribution in [3.63, 3.8) is 0 Å². The van der Waals surface area contributed by atoms with Gasteiger partial charge in [0.1, 0.15) is 12.1 Å². The van der Waals surface area contributed by atoms with Crippen LogP contribution in [0.3, 0.4) is 0 Å². The van der Waals surface area contributed by atoms with Crippen LogP contribution in [0.15, 0.2) is 53.8 Å². The summed E-state index contributed by atoms with van der Waals surface area (Å²) in [4.78, 5) is 12.6. The molecular formula is C30H53N4OP3. The highest BCUT2D eigenvalue weighted by atomic mass is 31.2. The molecule has 3 rings (SSSR count). The van der Waals surface area contributed by atoms with Crippen molar-refractivity contribution in [2.75, 3.05) is 40.0 Å². The molecule has 214 valence electrons. The molecular weight excluding hydrogens is 525 g/mol. The monoisotopic (exact) mass is 578 g/mol. The Morgan fingerprint density at radius 1 is 0.737 bits per heavy atom. The number of hydrogen-bond acceptors (Lipinski definition) is 4. The molecule has 3 heterocycles. The molecule has 5 nitrogen and oxygen atoms in total. The Bertz CT molecular complexity index is 1270. The molecule has 3 aromatic heterocycles. The Balaban J connectivity index is 0.000000285. The molecule has 0 saturated carbocycles. The summed E-state index contributed by atoms with van der Waals surface area (Å²) in [6.45, 7) is 24.8. The van der Waals surface area contributed by atoms with Crippen LogP contribution < -0.4 is 0 Å². The summed E-state index contributed by atoms with van der Waals surface area (Å²) >= 11 is 0. The lowest BCUT2D eigenvalue weighted by atomic mass is 10.3. The molecule has 8 heteroatoms. The summed E-state index contributed by atoms with van der Waals surface area (Å²) < 4.78 is 7.34. The number of oxazole rings is 1. The molecule has 38 heavy (non-hydrogen) atoms. The van der Waals surface area contributed by atoms with E-state index < -0.39 is 20.7 Å². The number of imidazole rings is 1. The second kappa shape index (κ2) is 15.3. The molecule has 0 unspecified atom stereocenters. The van der Waals surface area contributed by atoms with Crippen molar-refractivity contribution in [3.8, 4) is 0 Å².